The summed E-state index contributed by atoms with van der Waals surface area (Å²) in [7, 11) is 0. The SMILES string of the molecule is CC(CNC1CCc2cc(Br)ccc21)N1CCCC1. The summed E-state index contributed by atoms with van der Waals surface area (Å²) in [6.45, 7) is 6.05. The van der Waals surface area contributed by atoms with E-state index in [0.29, 0.717) is 12.1 Å². The highest BCUT2D eigenvalue weighted by atomic mass is 79.9. The summed E-state index contributed by atoms with van der Waals surface area (Å²) in [5.41, 5.74) is 3.03. The third-order valence-corrected chi connectivity index (χ3v) is 5.10. The van der Waals surface area contributed by atoms with Crippen LogP contribution in [-0.2, 0) is 6.42 Å². The number of likely N-dealkylation sites (tertiary alicyclic amines) is 1. The van der Waals surface area contributed by atoms with Crippen molar-refractivity contribution in [3.8, 4) is 0 Å². The second-order valence-electron chi connectivity index (χ2n) is 5.93. The Morgan fingerprint density at radius 1 is 1.37 bits per heavy atom. The van der Waals surface area contributed by atoms with E-state index < -0.39 is 0 Å². The molecule has 0 aromatic heterocycles. The number of hydrogen-bond donors (Lipinski definition) is 1. The molecule has 1 aromatic rings. The van der Waals surface area contributed by atoms with Gasteiger partial charge >= 0.3 is 0 Å². The average molecular weight is 323 g/mol. The second-order valence-corrected chi connectivity index (χ2v) is 6.85. The molecule has 19 heavy (non-hydrogen) atoms. The van der Waals surface area contributed by atoms with E-state index in [0.717, 1.165) is 6.54 Å². The van der Waals surface area contributed by atoms with Crippen LogP contribution in [-0.4, -0.2) is 30.6 Å². The topological polar surface area (TPSA) is 15.3 Å². The predicted molar refractivity (Wildman–Crippen MR) is 83.5 cm³/mol. The van der Waals surface area contributed by atoms with Gasteiger partial charge in [-0.15, -0.1) is 0 Å². The van der Waals surface area contributed by atoms with Crippen molar-refractivity contribution in [3.63, 3.8) is 0 Å². The minimum atomic E-state index is 0.563. The third-order valence-electron chi connectivity index (χ3n) is 4.61. The zero-order chi connectivity index (χ0) is 13.2. The van der Waals surface area contributed by atoms with Crippen LogP contribution in [0.25, 0.3) is 0 Å². The molecule has 0 radical (unpaired) electrons. The van der Waals surface area contributed by atoms with Crippen molar-refractivity contribution >= 4 is 15.9 Å². The summed E-state index contributed by atoms with van der Waals surface area (Å²) < 4.78 is 1.21. The van der Waals surface area contributed by atoms with E-state index in [2.05, 4.69) is 51.3 Å². The molecule has 2 atom stereocenters. The van der Waals surface area contributed by atoms with Gasteiger partial charge in [0.05, 0.1) is 0 Å². The highest BCUT2D eigenvalue weighted by Gasteiger charge is 2.24. The lowest BCUT2D eigenvalue weighted by Crippen LogP contribution is -2.39. The van der Waals surface area contributed by atoms with Crippen molar-refractivity contribution in [3.05, 3.63) is 33.8 Å². The van der Waals surface area contributed by atoms with E-state index in [4.69, 9.17) is 0 Å². The maximum absolute atomic E-state index is 3.78. The predicted octanol–water partition coefficient (Wildman–Crippen LogP) is 3.51. The zero-order valence-electron chi connectivity index (χ0n) is 11.7. The first-order chi connectivity index (χ1) is 9.24. The number of rotatable bonds is 4. The van der Waals surface area contributed by atoms with E-state index in [9.17, 15) is 0 Å². The normalized spacial score (nSPS) is 24.6. The van der Waals surface area contributed by atoms with Crippen LogP contribution in [0.15, 0.2) is 22.7 Å². The fourth-order valence-electron chi connectivity index (χ4n) is 3.42. The van der Waals surface area contributed by atoms with Gasteiger partial charge in [-0.05, 0) is 69.0 Å². The summed E-state index contributed by atoms with van der Waals surface area (Å²) in [5, 5.41) is 3.78. The van der Waals surface area contributed by atoms with E-state index >= 15 is 0 Å². The largest absolute Gasteiger partial charge is 0.308 e. The minimum Gasteiger partial charge on any atom is -0.308 e. The van der Waals surface area contributed by atoms with Gasteiger partial charge in [-0.3, -0.25) is 4.90 Å². The molecule has 0 spiro atoms. The minimum absolute atomic E-state index is 0.563. The molecule has 1 saturated heterocycles. The first kappa shape index (κ1) is 13.6. The van der Waals surface area contributed by atoms with Crippen LogP contribution in [0.4, 0.5) is 0 Å². The van der Waals surface area contributed by atoms with Crippen LogP contribution in [0.1, 0.15) is 43.4 Å². The number of nitrogens with zero attached hydrogens (tertiary/aromatic N) is 1. The number of halogens is 1. The first-order valence-electron chi connectivity index (χ1n) is 7.50. The van der Waals surface area contributed by atoms with Crippen LogP contribution in [0.5, 0.6) is 0 Å². The van der Waals surface area contributed by atoms with Crippen LogP contribution >= 0.6 is 15.9 Å². The Bertz CT molecular complexity index is 440. The Morgan fingerprint density at radius 3 is 2.95 bits per heavy atom. The zero-order valence-corrected chi connectivity index (χ0v) is 13.2. The van der Waals surface area contributed by atoms with Crippen LogP contribution in [0, 0.1) is 0 Å². The molecule has 1 N–H and O–H groups in total. The third kappa shape index (κ3) is 3.04. The molecule has 104 valence electrons. The van der Waals surface area contributed by atoms with Gasteiger partial charge in [-0.1, -0.05) is 22.0 Å². The Labute approximate surface area is 124 Å². The quantitative estimate of drug-likeness (QED) is 0.912. The maximum atomic E-state index is 3.78. The average Bonchev–Trinajstić information content (AvgIpc) is 3.05. The molecule has 2 aliphatic rings. The van der Waals surface area contributed by atoms with Gasteiger partial charge in [0, 0.05) is 23.1 Å². The Balaban J connectivity index is 1.57. The fraction of sp³-hybridized carbons (Fsp3) is 0.625. The van der Waals surface area contributed by atoms with E-state index in [1.807, 2.05) is 0 Å². The number of nitrogens with one attached hydrogen (secondary N) is 1. The molecule has 1 heterocycles. The molecule has 1 aliphatic carbocycles. The summed E-state index contributed by atoms with van der Waals surface area (Å²) in [6.07, 6.45) is 5.22. The Morgan fingerprint density at radius 2 is 2.16 bits per heavy atom. The highest BCUT2D eigenvalue weighted by molar-refractivity contribution is 9.10. The van der Waals surface area contributed by atoms with Gasteiger partial charge in [0.25, 0.3) is 0 Å². The molecule has 1 aromatic carbocycles. The number of benzene rings is 1. The standard InChI is InChI=1S/C16H23BrN2/c1-12(19-8-2-3-9-19)11-18-16-7-4-13-10-14(17)5-6-15(13)16/h5-6,10,12,16,18H,2-4,7-9,11H2,1H3. The molecule has 1 fully saturated rings. The molecule has 1 aliphatic heterocycles. The van der Waals surface area contributed by atoms with Crippen molar-refractivity contribution in [2.45, 2.75) is 44.7 Å². The molecule has 0 bridgehead atoms. The van der Waals surface area contributed by atoms with Gasteiger partial charge in [-0.25, -0.2) is 0 Å². The van der Waals surface area contributed by atoms with Gasteiger partial charge in [-0.2, -0.15) is 0 Å². The molecule has 2 unspecified atom stereocenters. The van der Waals surface area contributed by atoms with Gasteiger partial charge in [0.1, 0.15) is 0 Å². The molecule has 3 heteroatoms. The van der Waals surface area contributed by atoms with Crippen molar-refractivity contribution in [1.29, 1.82) is 0 Å². The number of fused-ring (bicyclic) bond motifs is 1. The molecular formula is C16H23BrN2. The van der Waals surface area contributed by atoms with Crippen LogP contribution in [0.2, 0.25) is 0 Å². The molecule has 0 amide bonds. The monoisotopic (exact) mass is 322 g/mol. The first-order valence-corrected chi connectivity index (χ1v) is 8.29. The van der Waals surface area contributed by atoms with E-state index in [-0.39, 0.29) is 0 Å². The van der Waals surface area contributed by atoms with Gasteiger partial charge in [0.2, 0.25) is 0 Å². The van der Waals surface area contributed by atoms with Crippen LogP contribution in [0.3, 0.4) is 0 Å². The van der Waals surface area contributed by atoms with Crippen LogP contribution < -0.4 is 5.32 Å². The summed E-state index contributed by atoms with van der Waals surface area (Å²) in [6, 6.07) is 7.96. The Hall–Kier alpha value is -0.380. The highest BCUT2D eigenvalue weighted by Crippen LogP contribution is 2.32. The Kier molecular flexibility index (Phi) is 4.25. The van der Waals surface area contributed by atoms with E-state index in [1.54, 1.807) is 0 Å². The summed E-state index contributed by atoms with van der Waals surface area (Å²) in [4.78, 5) is 2.62. The lowest BCUT2D eigenvalue weighted by molar-refractivity contribution is 0.245. The number of hydrogen-bond acceptors (Lipinski definition) is 2. The van der Waals surface area contributed by atoms with Crippen molar-refractivity contribution in [2.24, 2.45) is 0 Å². The molecular weight excluding hydrogens is 300 g/mol. The van der Waals surface area contributed by atoms with Crippen molar-refractivity contribution in [1.82, 2.24) is 10.2 Å². The fourth-order valence-corrected chi connectivity index (χ4v) is 3.83. The van der Waals surface area contributed by atoms with Crippen molar-refractivity contribution < 1.29 is 0 Å². The smallest absolute Gasteiger partial charge is 0.0326 e. The summed E-state index contributed by atoms with van der Waals surface area (Å²) in [5.74, 6) is 0. The van der Waals surface area contributed by atoms with Gasteiger partial charge < -0.3 is 5.32 Å². The molecule has 0 saturated carbocycles. The summed E-state index contributed by atoms with van der Waals surface area (Å²) >= 11 is 3.56. The number of aryl methyl sites for hydroxylation is 1. The van der Waals surface area contributed by atoms with Crippen molar-refractivity contribution in [2.75, 3.05) is 19.6 Å². The van der Waals surface area contributed by atoms with E-state index in [1.165, 1.54) is 54.4 Å². The lowest BCUT2D eigenvalue weighted by Gasteiger charge is -2.26. The lowest BCUT2D eigenvalue weighted by atomic mass is 10.1. The second kappa shape index (κ2) is 5.94. The molecule has 3 rings (SSSR count). The molecule has 2 nitrogen and oxygen atoms in total. The van der Waals surface area contributed by atoms with Gasteiger partial charge in [0.15, 0.2) is 0 Å². The maximum Gasteiger partial charge on any atom is 0.0326 e.